The Hall–Kier alpha value is -2.04. The molecule has 5 heteroatoms. The van der Waals surface area contributed by atoms with Crippen molar-refractivity contribution in [2.45, 2.75) is 13.0 Å². The number of likely N-dealkylation sites (tertiary alicyclic amines) is 1. The zero-order valence-corrected chi connectivity index (χ0v) is 10.3. The lowest BCUT2D eigenvalue weighted by Gasteiger charge is -2.16. The van der Waals surface area contributed by atoms with Crippen molar-refractivity contribution in [3.63, 3.8) is 0 Å². The minimum absolute atomic E-state index is 0.168. The Morgan fingerprint density at radius 1 is 1.44 bits per heavy atom. The fourth-order valence-electron chi connectivity index (χ4n) is 2.11. The summed E-state index contributed by atoms with van der Waals surface area (Å²) < 4.78 is 5.07. The standard InChI is InChI=1S/C13H16N2O3/c1-18-10-4-2-9(3-5-10)8-15-7-6-11(12(14)16)13(15)17/h2-5,11H,6-8H2,1H3,(H2,14,16). The summed E-state index contributed by atoms with van der Waals surface area (Å²) in [6.45, 7) is 1.09. The third-order valence-electron chi connectivity index (χ3n) is 3.17. The van der Waals surface area contributed by atoms with E-state index in [0.717, 1.165) is 11.3 Å². The molecule has 1 aliphatic rings. The van der Waals surface area contributed by atoms with Crippen LogP contribution in [-0.2, 0) is 16.1 Å². The largest absolute Gasteiger partial charge is 0.497 e. The zero-order chi connectivity index (χ0) is 13.1. The van der Waals surface area contributed by atoms with Gasteiger partial charge in [0.05, 0.1) is 7.11 Å². The predicted octanol–water partition coefficient (Wildman–Crippen LogP) is 0.529. The fraction of sp³-hybridized carbons (Fsp3) is 0.385. The summed E-state index contributed by atoms with van der Waals surface area (Å²) in [5.74, 6) is -0.569. The molecule has 0 bridgehead atoms. The van der Waals surface area contributed by atoms with Crippen molar-refractivity contribution < 1.29 is 14.3 Å². The van der Waals surface area contributed by atoms with E-state index in [1.54, 1.807) is 12.0 Å². The molecule has 1 heterocycles. The molecular formula is C13H16N2O3. The van der Waals surface area contributed by atoms with Crippen molar-refractivity contribution in [1.29, 1.82) is 0 Å². The topological polar surface area (TPSA) is 72.6 Å². The normalized spacial score (nSPS) is 19.1. The van der Waals surface area contributed by atoms with Gasteiger partial charge in [-0.15, -0.1) is 0 Å². The smallest absolute Gasteiger partial charge is 0.235 e. The first-order valence-electron chi connectivity index (χ1n) is 5.83. The number of methoxy groups -OCH3 is 1. The van der Waals surface area contributed by atoms with Crippen LogP contribution < -0.4 is 10.5 Å². The van der Waals surface area contributed by atoms with Crippen LogP contribution in [0.25, 0.3) is 0 Å². The zero-order valence-electron chi connectivity index (χ0n) is 10.3. The second kappa shape index (κ2) is 5.08. The number of amides is 2. The van der Waals surface area contributed by atoms with Crippen molar-refractivity contribution in [3.8, 4) is 5.75 Å². The molecule has 1 aliphatic heterocycles. The summed E-state index contributed by atoms with van der Waals surface area (Å²) in [6.07, 6.45) is 0.518. The number of hydrogen-bond donors (Lipinski definition) is 1. The molecule has 0 aliphatic carbocycles. The van der Waals surface area contributed by atoms with Crippen LogP contribution in [0.4, 0.5) is 0 Å². The minimum atomic E-state index is -0.650. The number of nitrogens with two attached hydrogens (primary N) is 1. The van der Waals surface area contributed by atoms with Gasteiger partial charge < -0.3 is 15.4 Å². The van der Waals surface area contributed by atoms with E-state index in [2.05, 4.69) is 0 Å². The number of carbonyl (C=O) groups excluding carboxylic acids is 2. The maximum Gasteiger partial charge on any atom is 0.235 e. The highest BCUT2D eigenvalue weighted by Gasteiger charge is 2.35. The highest BCUT2D eigenvalue weighted by molar-refractivity contribution is 6.00. The van der Waals surface area contributed by atoms with E-state index in [4.69, 9.17) is 10.5 Å². The molecule has 1 atom stereocenters. The fourth-order valence-corrected chi connectivity index (χ4v) is 2.11. The highest BCUT2D eigenvalue weighted by Crippen LogP contribution is 2.21. The van der Waals surface area contributed by atoms with Gasteiger partial charge in [-0.1, -0.05) is 12.1 Å². The quantitative estimate of drug-likeness (QED) is 0.790. The van der Waals surface area contributed by atoms with Crippen molar-refractivity contribution >= 4 is 11.8 Å². The second-order valence-corrected chi connectivity index (χ2v) is 4.35. The Bertz CT molecular complexity index is 456. The Morgan fingerprint density at radius 3 is 2.61 bits per heavy atom. The molecule has 18 heavy (non-hydrogen) atoms. The van der Waals surface area contributed by atoms with E-state index in [0.29, 0.717) is 19.5 Å². The number of primary amides is 1. The lowest BCUT2D eigenvalue weighted by Crippen LogP contribution is -2.33. The lowest BCUT2D eigenvalue weighted by molar-refractivity contribution is -0.136. The number of nitrogens with zero attached hydrogens (tertiary/aromatic N) is 1. The molecule has 96 valence electrons. The average molecular weight is 248 g/mol. The Balaban J connectivity index is 2.02. The van der Waals surface area contributed by atoms with Gasteiger partial charge in [-0.05, 0) is 24.1 Å². The van der Waals surface area contributed by atoms with Gasteiger partial charge in [0.1, 0.15) is 11.7 Å². The summed E-state index contributed by atoms with van der Waals surface area (Å²) in [6, 6.07) is 7.51. The SMILES string of the molecule is COc1ccc(CN2CCC(C(N)=O)C2=O)cc1. The van der Waals surface area contributed by atoms with Gasteiger partial charge in [-0.3, -0.25) is 9.59 Å². The first-order valence-corrected chi connectivity index (χ1v) is 5.83. The molecule has 1 saturated heterocycles. The van der Waals surface area contributed by atoms with E-state index in [1.165, 1.54) is 0 Å². The Labute approximate surface area is 106 Å². The summed E-state index contributed by atoms with van der Waals surface area (Å²) in [5, 5.41) is 0. The molecule has 0 aromatic heterocycles. The number of hydrogen-bond acceptors (Lipinski definition) is 3. The van der Waals surface area contributed by atoms with E-state index >= 15 is 0 Å². The number of benzene rings is 1. The summed E-state index contributed by atoms with van der Waals surface area (Å²) in [5.41, 5.74) is 6.19. The van der Waals surface area contributed by atoms with Gasteiger partial charge in [0.2, 0.25) is 11.8 Å². The molecule has 0 radical (unpaired) electrons. The van der Waals surface area contributed by atoms with Crippen LogP contribution in [0.5, 0.6) is 5.75 Å². The number of rotatable bonds is 4. The molecule has 0 spiro atoms. The maximum atomic E-state index is 11.9. The molecule has 1 aromatic carbocycles. The van der Waals surface area contributed by atoms with Crippen molar-refractivity contribution in [1.82, 2.24) is 4.90 Å². The minimum Gasteiger partial charge on any atom is -0.497 e. The van der Waals surface area contributed by atoms with Crippen molar-refractivity contribution in [2.75, 3.05) is 13.7 Å². The van der Waals surface area contributed by atoms with Crippen LogP contribution in [0.15, 0.2) is 24.3 Å². The number of ether oxygens (including phenoxy) is 1. The lowest BCUT2D eigenvalue weighted by atomic mass is 10.1. The Kier molecular flexibility index (Phi) is 3.50. The van der Waals surface area contributed by atoms with Crippen LogP contribution in [0, 0.1) is 5.92 Å². The third kappa shape index (κ3) is 2.45. The molecule has 5 nitrogen and oxygen atoms in total. The maximum absolute atomic E-state index is 11.9. The third-order valence-corrected chi connectivity index (χ3v) is 3.17. The summed E-state index contributed by atoms with van der Waals surface area (Å²) in [4.78, 5) is 24.6. The highest BCUT2D eigenvalue weighted by atomic mass is 16.5. The molecular weight excluding hydrogens is 232 g/mol. The molecule has 2 N–H and O–H groups in total. The van der Waals surface area contributed by atoms with Crippen LogP contribution in [0.3, 0.4) is 0 Å². The monoisotopic (exact) mass is 248 g/mol. The van der Waals surface area contributed by atoms with Crippen molar-refractivity contribution in [3.05, 3.63) is 29.8 Å². The average Bonchev–Trinajstić information content (AvgIpc) is 2.72. The molecule has 1 aromatic rings. The van der Waals surface area contributed by atoms with Crippen LogP contribution >= 0.6 is 0 Å². The molecule has 1 fully saturated rings. The predicted molar refractivity (Wildman–Crippen MR) is 65.7 cm³/mol. The van der Waals surface area contributed by atoms with Crippen molar-refractivity contribution in [2.24, 2.45) is 11.7 Å². The molecule has 0 saturated carbocycles. The van der Waals surface area contributed by atoms with Gasteiger partial charge >= 0.3 is 0 Å². The van der Waals surface area contributed by atoms with Crippen LogP contribution in [0.1, 0.15) is 12.0 Å². The van der Waals surface area contributed by atoms with Crippen LogP contribution in [0.2, 0.25) is 0 Å². The second-order valence-electron chi connectivity index (χ2n) is 4.35. The van der Waals surface area contributed by atoms with Crippen LogP contribution in [-0.4, -0.2) is 30.4 Å². The van der Waals surface area contributed by atoms with E-state index in [1.807, 2.05) is 24.3 Å². The first-order chi connectivity index (χ1) is 8.61. The Morgan fingerprint density at radius 2 is 2.11 bits per heavy atom. The van der Waals surface area contributed by atoms with Gasteiger partial charge in [-0.25, -0.2) is 0 Å². The molecule has 2 amide bonds. The van der Waals surface area contributed by atoms with Gasteiger partial charge in [0.25, 0.3) is 0 Å². The van der Waals surface area contributed by atoms with E-state index in [-0.39, 0.29) is 5.91 Å². The summed E-state index contributed by atoms with van der Waals surface area (Å²) in [7, 11) is 1.61. The molecule has 2 rings (SSSR count). The van der Waals surface area contributed by atoms with E-state index in [9.17, 15) is 9.59 Å². The van der Waals surface area contributed by atoms with E-state index < -0.39 is 11.8 Å². The van der Waals surface area contributed by atoms with Gasteiger partial charge in [-0.2, -0.15) is 0 Å². The number of carbonyl (C=O) groups is 2. The molecule has 1 unspecified atom stereocenters. The van der Waals surface area contributed by atoms with Gasteiger partial charge in [0, 0.05) is 13.1 Å². The first kappa shape index (κ1) is 12.4. The van der Waals surface area contributed by atoms with Gasteiger partial charge in [0.15, 0.2) is 0 Å². The summed E-state index contributed by atoms with van der Waals surface area (Å²) >= 11 is 0.